The zero-order valence-electron chi connectivity index (χ0n) is 10.9. The molecule has 0 saturated heterocycles. The van der Waals surface area contributed by atoms with Crippen molar-refractivity contribution < 1.29 is 9.84 Å². The maximum atomic E-state index is 9.02. The molecule has 98 valence electrons. The number of aliphatic hydroxyl groups excluding tert-OH is 1. The van der Waals surface area contributed by atoms with E-state index in [2.05, 4.69) is 18.0 Å². The summed E-state index contributed by atoms with van der Waals surface area (Å²) in [5, 5.41) is 10.2. The number of fused-ring (bicyclic) bond motifs is 1. The summed E-state index contributed by atoms with van der Waals surface area (Å²) in [4.78, 5) is 3.21. The van der Waals surface area contributed by atoms with Crippen LogP contribution in [-0.4, -0.2) is 23.3 Å². The quantitative estimate of drug-likeness (QED) is 0.737. The van der Waals surface area contributed by atoms with E-state index in [4.69, 9.17) is 9.84 Å². The van der Waals surface area contributed by atoms with Gasteiger partial charge in [0.1, 0.15) is 5.75 Å². The third-order valence-corrected chi connectivity index (χ3v) is 3.14. The summed E-state index contributed by atoms with van der Waals surface area (Å²) in [6.45, 7) is 3.14. The lowest BCUT2D eigenvalue weighted by Crippen LogP contribution is -1.97. The number of aliphatic hydroxyl groups is 1. The molecule has 0 amide bonds. The third kappa shape index (κ3) is 3.05. The van der Waals surface area contributed by atoms with Gasteiger partial charge in [-0.05, 0) is 36.6 Å². The topological polar surface area (TPSA) is 45.2 Å². The van der Waals surface area contributed by atoms with Crippen LogP contribution in [-0.2, 0) is 6.42 Å². The van der Waals surface area contributed by atoms with Gasteiger partial charge < -0.3 is 14.8 Å². The van der Waals surface area contributed by atoms with Crippen LogP contribution in [0.5, 0.6) is 5.75 Å². The fourth-order valence-corrected chi connectivity index (χ4v) is 2.12. The Labute approximate surface area is 108 Å². The van der Waals surface area contributed by atoms with Gasteiger partial charge in [-0.1, -0.05) is 19.8 Å². The molecule has 3 nitrogen and oxygen atoms in total. The molecule has 2 aromatic rings. The lowest BCUT2D eigenvalue weighted by molar-refractivity contribution is 0.300. The second kappa shape index (κ2) is 6.45. The Morgan fingerprint density at radius 1 is 1.28 bits per heavy atom. The summed E-state index contributed by atoms with van der Waals surface area (Å²) in [6, 6.07) is 6.08. The van der Waals surface area contributed by atoms with Gasteiger partial charge in [-0.3, -0.25) is 0 Å². The summed E-state index contributed by atoms with van der Waals surface area (Å²) >= 11 is 0. The van der Waals surface area contributed by atoms with Crippen molar-refractivity contribution in [2.24, 2.45) is 0 Å². The minimum atomic E-state index is 0.175. The molecule has 0 aliphatic carbocycles. The van der Waals surface area contributed by atoms with Crippen LogP contribution in [0.2, 0.25) is 0 Å². The number of hydrogen-bond acceptors (Lipinski definition) is 2. The number of nitrogens with one attached hydrogen (secondary N) is 1. The van der Waals surface area contributed by atoms with Crippen molar-refractivity contribution in [3.8, 4) is 5.75 Å². The van der Waals surface area contributed by atoms with Crippen molar-refractivity contribution in [3.63, 3.8) is 0 Å². The van der Waals surface area contributed by atoms with Gasteiger partial charge in [0.25, 0.3) is 0 Å². The highest BCUT2D eigenvalue weighted by Crippen LogP contribution is 2.24. The van der Waals surface area contributed by atoms with Crippen molar-refractivity contribution in [1.29, 1.82) is 0 Å². The Balaban J connectivity index is 2.07. The Kier molecular flexibility index (Phi) is 4.65. The van der Waals surface area contributed by atoms with Gasteiger partial charge >= 0.3 is 0 Å². The highest BCUT2D eigenvalue weighted by Gasteiger charge is 2.04. The number of H-pyrrole nitrogens is 1. The zero-order valence-corrected chi connectivity index (χ0v) is 10.9. The van der Waals surface area contributed by atoms with Crippen LogP contribution in [0.25, 0.3) is 10.9 Å². The van der Waals surface area contributed by atoms with Gasteiger partial charge in [-0.15, -0.1) is 0 Å². The molecule has 0 fully saturated rings. The van der Waals surface area contributed by atoms with Crippen LogP contribution >= 0.6 is 0 Å². The van der Waals surface area contributed by atoms with Crippen LogP contribution in [0.1, 0.15) is 31.7 Å². The molecular weight excluding hydrogens is 226 g/mol. The van der Waals surface area contributed by atoms with Crippen LogP contribution in [0.4, 0.5) is 0 Å². The Morgan fingerprint density at radius 3 is 2.94 bits per heavy atom. The number of hydrogen-bond donors (Lipinski definition) is 2. The first kappa shape index (κ1) is 13.0. The van der Waals surface area contributed by atoms with E-state index in [1.54, 1.807) is 0 Å². The molecule has 0 aliphatic heterocycles. The Hall–Kier alpha value is -1.48. The summed E-state index contributed by atoms with van der Waals surface area (Å²) in [5.74, 6) is 0.914. The number of rotatable bonds is 7. The second-order valence-corrected chi connectivity index (χ2v) is 4.55. The van der Waals surface area contributed by atoms with Crippen LogP contribution in [0.15, 0.2) is 24.4 Å². The van der Waals surface area contributed by atoms with E-state index in [1.807, 2.05) is 18.3 Å². The highest BCUT2D eigenvalue weighted by molar-refractivity contribution is 5.84. The lowest BCUT2D eigenvalue weighted by atomic mass is 10.1. The van der Waals surface area contributed by atoms with Gasteiger partial charge in [0.2, 0.25) is 0 Å². The van der Waals surface area contributed by atoms with Crippen molar-refractivity contribution in [2.75, 3.05) is 13.2 Å². The minimum Gasteiger partial charge on any atom is -0.494 e. The number of unbranched alkanes of at least 4 members (excludes halogenated alkanes) is 2. The molecule has 3 heteroatoms. The first-order valence-electron chi connectivity index (χ1n) is 6.69. The molecule has 0 radical (unpaired) electrons. The lowest BCUT2D eigenvalue weighted by Gasteiger charge is -2.06. The van der Waals surface area contributed by atoms with E-state index in [-0.39, 0.29) is 6.61 Å². The van der Waals surface area contributed by atoms with Gasteiger partial charge in [0.15, 0.2) is 0 Å². The molecule has 1 aromatic carbocycles. The highest BCUT2D eigenvalue weighted by atomic mass is 16.5. The molecule has 0 saturated carbocycles. The number of aromatic amines is 1. The van der Waals surface area contributed by atoms with Crippen molar-refractivity contribution >= 4 is 10.9 Å². The first-order valence-corrected chi connectivity index (χ1v) is 6.69. The first-order chi connectivity index (χ1) is 8.85. The molecule has 0 spiro atoms. The summed E-state index contributed by atoms with van der Waals surface area (Å²) < 4.78 is 5.74. The molecule has 1 aromatic heterocycles. The van der Waals surface area contributed by atoms with Gasteiger partial charge in [0, 0.05) is 23.7 Å². The van der Waals surface area contributed by atoms with Gasteiger partial charge in [-0.2, -0.15) is 0 Å². The van der Waals surface area contributed by atoms with Gasteiger partial charge in [-0.25, -0.2) is 0 Å². The molecule has 0 unspecified atom stereocenters. The fourth-order valence-electron chi connectivity index (χ4n) is 2.12. The maximum absolute atomic E-state index is 9.02. The number of ether oxygens (including phenoxy) is 1. The summed E-state index contributed by atoms with van der Waals surface area (Å²) in [6.07, 6.45) is 6.16. The average molecular weight is 247 g/mol. The molecule has 2 N–H and O–H groups in total. The predicted molar refractivity (Wildman–Crippen MR) is 74.1 cm³/mol. The van der Waals surface area contributed by atoms with E-state index in [9.17, 15) is 0 Å². The van der Waals surface area contributed by atoms with E-state index < -0.39 is 0 Å². The molecule has 0 bridgehead atoms. The average Bonchev–Trinajstić information content (AvgIpc) is 2.78. The standard InChI is InChI=1S/C15H21NO2/c1-2-3-4-9-18-13-5-6-15-14(10-13)12(7-8-17)11-16-15/h5-6,10-11,16-17H,2-4,7-9H2,1H3. The molecule has 0 aliphatic rings. The smallest absolute Gasteiger partial charge is 0.120 e. The van der Waals surface area contributed by atoms with Crippen LogP contribution < -0.4 is 4.74 Å². The van der Waals surface area contributed by atoms with Crippen LogP contribution in [0.3, 0.4) is 0 Å². The Morgan fingerprint density at radius 2 is 2.17 bits per heavy atom. The Bertz CT molecular complexity index is 490. The van der Waals surface area contributed by atoms with Crippen molar-refractivity contribution in [2.45, 2.75) is 32.6 Å². The van der Waals surface area contributed by atoms with E-state index >= 15 is 0 Å². The van der Waals surface area contributed by atoms with E-state index in [0.29, 0.717) is 6.42 Å². The van der Waals surface area contributed by atoms with E-state index in [0.717, 1.165) is 35.2 Å². The molecular formula is C15H21NO2. The summed E-state index contributed by atoms with van der Waals surface area (Å²) in [7, 11) is 0. The number of benzene rings is 1. The maximum Gasteiger partial charge on any atom is 0.120 e. The largest absolute Gasteiger partial charge is 0.494 e. The minimum absolute atomic E-state index is 0.175. The predicted octanol–water partition coefficient (Wildman–Crippen LogP) is 3.27. The zero-order chi connectivity index (χ0) is 12.8. The van der Waals surface area contributed by atoms with Crippen molar-refractivity contribution in [1.82, 2.24) is 4.98 Å². The normalized spacial score (nSPS) is 11.0. The molecule has 0 atom stereocenters. The molecule has 2 rings (SSSR count). The summed E-state index contributed by atoms with van der Waals surface area (Å²) in [5.41, 5.74) is 2.24. The second-order valence-electron chi connectivity index (χ2n) is 4.55. The number of aromatic nitrogens is 1. The molecule has 1 heterocycles. The monoisotopic (exact) mass is 247 g/mol. The van der Waals surface area contributed by atoms with E-state index in [1.165, 1.54) is 12.8 Å². The van der Waals surface area contributed by atoms with Crippen LogP contribution in [0, 0.1) is 0 Å². The molecule has 18 heavy (non-hydrogen) atoms. The third-order valence-electron chi connectivity index (χ3n) is 3.14. The fraction of sp³-hybridized carbons (Fsp3) is 0.467. The SMILES string of the molecule is CCCCCOc1ccc2[nH]cc(CCO)c2c1. The van der Waals surface area contributed by atoms with Crippen molar-refractivity contribution in [3.05, 3.63) is 30.0 Å². The van der Waals surface area contributed by atoms with Gasteiger partial charge in [0.05, 0.1) is 6.61 Å².